The maximum absolute atomic E-state index is 13.0. The quantitative estimate of drug-likeness (QED) is 0.508. The van der Waals surface area contributed by atoms with Gasteiger partial charge in [-0.2, -0.15) is 13.2 Å². The van der Waals surface area contributed by atoms with Crippen LogP contribution >= 0.6 is 11.8 Å². The number of anilines is 1. The summed E-state index contributed by atoms with van der Waals surface area (Å²) in [6.07, 6.45) is -2.93. The summed E-state index contributed by atoms with van der Waals surface area (Å²) in [6, 6.07) is 14.2. The molecular weight excluding hydrogens is 377 g/mol. The fraction of sp³-hybridized carbons (Fsp3) is 0.111. The number of hydrogen-bond acceptors (Lipinski definition) is 4. The number of amides is 1. The van der Waals surface area contributed by atoms with Crippen LogP contribution in [0.2, 0.25) is 0 Å². The molecular formula is C18H15F3N4OS. The Kier molecular flexibility index (Phi) is 5.41. The van der Waals surface area contributed by atoms with Gasteiger partial charge in [0.25, 0.3) is 0 Å². The number of para-hydroxylation sites is 1. The van der Waals surface area contributed by atoms with Gasteiger partial charge in [0, 0.05) is 5.56 Å². The maximum atomic E-state index is 13.0. The van der Waals surface area contributed by atoms with E-state index in [9.17, 15) is 18.0 Å². The van der Waals surface area contributed by atoms with Gasteiger partial charge >= 0.3 is 6.18 Å². The molecule has 3 N–H and O–H groups in total. The number of benzene rings is 2. The lowest BCUT2D eigenvalue weighted by Gasteiger charge is -2.13. The molecule has 2 aromatic carbocycles. The summed E-state index contributed by atoms with van der Waals surface area (Å²) in [5, 5.41) is 2.67. The van der Waals surface area contributed by atoms with Crippen molar-refractivity contribution >= 4 is 23.4 Å². The van der Waals surface area contributed by atoms with Crippen molar-refractivity contribution in [3.8, 4) is 11.3 Å². The molecule has 140 valence electrons. The molecule has 0 atom stereocenters. The van der Waals surface area contributed by atoms with E-state index >= 15 is 0 Å². The van der Waals surface area contributed by atoms with Gasteiger partial charge in [-0.15, -0.1) is 0 Å². The van der Waals surface area contributed by atoms with Gasteiger partial charge in [0.05, 0.1) is 28.9 Å². The number of carbonyl (C=O) groups is 1. The number of nitrogen functional groups attached to an aromatic ring is 1. The smallest absolute Gasteiger partial charge is 0.337 e. The highest BCUT2D eigenvalue weighted by atomic mass is 32.2. The van der Waals surface area contributed by atoms with E-state index < -0.39 is 17.6 Å². The number of alkyl halides is 3. The molecule has 0 fully saturated rings. The van der Waals surface area contributed by atoms with Crippen LogP contribution in [-0.2, 0) is 11.0 Å². The average molecular weight is 392 g/mol. The minimum Gasteiger partial charge on any atom is -0.337 e. The Morgan fingerprint density at radius 3 is 2.48 bits per heavy atom. The molecule has 0 radical (unpaired) electrons. The van der Waals surface area contributed by atoms with E-state index in [-0.39, 0.29) is 11.4 Å². The van der Waals surface area contributed by atoms with Crippen molar-refractivity contribution in [1.29, 1.82) is 0 Å². The van der Waals surface area contributed by atoms with Gasteiger partial charge in [-0.3, -0.25) is 4.79 Å². The van der Waals surface area contributed by atoms with Crippen LogP contribution < -0.4 is 11.2 Å². The van der Waals surface area contributed by atoms with Crippen LogP contribution in [0.3, 0.4) is 0 Å². The highest BCUT2D eigenvalue weighted by Crippen LogP contribution is 2.34. The third-order valence-corrected chi connectivity index (χ3v) is 4.57. The number of aromatic nitrogens is 2. The monoisotopic (exact) mass is 392 g/mol. The van der Waals surface area contributed by atoms with E-state index in [1.165, 1.54) is 22.9 Å². The first kappa shape index (κ1) is 18.8. The van der Waals surface area contributed by atoms with E-state index in [1.807, 2.05) is 30.3 Å². The molecule has 27 heavy (non-hydrogen) atoms. The molecule has 0 bridgehead atoms. The lowest BCUT2D eigenvalue weighted by atomic mass is 10.1. The SMILES string of the molecule is Nn1cc(-c2ccccc2)nc1SCC(=O)Nc1ccccc1C(F)(F)F. The van der Waals surface area contributed by atoms with Crippen molar-refractivity contribution in [3.05, 3.63) is 66.4 Å². The molecule has 3 aromatic rings. The molecule has 5 nitrogen and oxygen atoms in total. The van der Waals surface area contributed by atoms with Crippen molar-refractivity contribution in [1.82, 2.24) is 9.66 Å². The van der Waals surface area contributed by atoms with Crippen molar-refractivity contribution in [2.45, 2.75) is 11.3 Å². The number of nitrogens with two attached hydrogens (primary N) is 1. The van der Waals surface area contributed by atoms with Gasteiger partial charge < -0.3 is 11.2 Å². The van der Waals surface area contributed by atoms with Crippen LogP contribution in [0.1, 0.15) is 5.56 Å². The predicted octanol–water partition coefficient (Wildman–Crippen LogP) is 4.01. The van der Waals surface area contributed by atoms with E-state index in [0.717, 1.165) is 23.4 Å². The van der Waals surface area contributed by atoms with Gasteiger partial charge in [-0.25, -0.2) is 9.66 Å². The normalized spacial score (nSPS) is 11.4. The Bertz CT molecular complexity index is 941. The van der Waals surface area contributed by atoms with Crippen LogP contribution in [0.5, 0.6) is 0 Å². The van der Waals surface area contributed by atoms with Crippen molar-refractivity contribution in [2.75, 3.05) is 16.9 Å². The molecule has 0 saturated heterocycles. The second kappa shape index (κ2) is 7.75. The van der Waals surface area contributed by atoms with Gasteiger partial charge in [-0.05, 0) is 12.1 Å². The fourth-order valence-electron chi connectivity index (χ4n) is 2.39. The second-order valence-corrected chi connectivity index (χ2v) is 6.50. The van der Waals surface area contributed by atoms with Gasteiger partial charge in [-0.1, -0.05) is 54.2 Å². The van der Waals surface area contributed by atoms with E-state index in [1.54, 1.807) is 6.20 Å². The van der Waals surface area contributed by atoms with Crippen molar-refractivity contribution in [3.63, 3.8) is 0 Å². The number of imidazole rings is 1. The van der Waals surface area contributed by atoms with Gasteiger partial charge in [0.2, 0.25) is 5.91 Å². The standard InChI is InChI=1S/C18H15F3N4OS/c19-18(20,21)13-8-4-5-9-14(13)23-16(26)11-27-17-24-15(10-25(17)22)12-6-2-1-3-7-12/h1-10H,11,22H2,(H,23,26). The zero-order valence-electron chi connectivity index (χ0n) is 13.9. The first-order valence-corrected chi connectivity index (χ1v) is 8.82. The third kappa shape index (κ3) is 4.62. The molecule has 3 rings (SSSR count). The van der Waals surface area contributed by atoms with Gasteiger partial charge in [0.15, 0.2) is 5.16 Å². The first-order chi connectivity index (χ1) is 12.8. The largest absolute Gasteiger partial charge is 0.418 e. The van der Waals surface area contributed by atoms with Gasteiger partial charge in [0.1, 0.15) is 0 Å². The number of nitrogens with one attached hydrogen (secondary N) is 1. The fourth-order valence-corrected chi connectivity index (χ4v) is 3.08. The van der Waals surface area contributed by atoms with E-state index in [0.29, 0.717) is 10.9 Å². The molecule has 0 unspecified atom stereocenters. The average Bonchev–Trinajstić information content (AvgIpc) is 3.01. The topological polar surface area (TPSA) is 72.9 Å². The number of hydrogen-bond donors (Lipinski definition) is 2. The summed E-state index contributed by atoms with van der Waals surface area (Å²) >= 11 is 1.04. The summed E-state index contributed by atoms with van der Waals surface area (Å²) in [6.45, 7) is 0. The third-order valence-electron chi connectivity index (χ3n) is 3.61. The predicted molar refractivity (Wildman–Crippen MR) is 98.6 cm³/mol. The molecule has 0 aliphatic heterocycles. The number of halogens is 3. The molecule has 0 saturated carbocycles. The molecule has 0 aliphatic carbocycles. The first-order valence-electron chi connectivity index (χ1n) is 7.83. The Morgan fingerprint density at radius 2 is 1.78 bits per heavy atom. The van der Waals surface area contributed by atoms with Crippen LogP contribution in [-0.4, -0.2) is 21.3 Å². The summed E-state index contributed by atoms with van der Waals surface area (Å²) < 4.78 is 40.2. The van der Waals surface area contributed by atoms with E-state index in [4.69, 9.17) is 5.84 Å². The Labute approximate surface area is 157 Å². The Hall–Kier alpha value is -2.94. The zero-order valence-corrected chi connectivity index (χ0v) is 14.7. The summed E-state index contributed by atoms with van der Waals surface area (Å²) in [4.78, 5) is 16.4. The molecule has 9 heteroatoms. The Balaban J connectivity index is 1.66. The van der Waals surface area contributed by atoms with Crippen LogP contribution in [0.25, 0.3) is 11.3 Å². The lowest BCUT2D eigenvalue weighted by Crippen LogP contribution is -2.18. The number of thioether (sulfide) groups is 1. The number of nitrogens with zero attached hydrogens (tertiary/aromatic N) is 2. The minimum atomic E-state index is -4.55. The second-order valence-electron chi connectivity index (χ2n) is 5.56. The van der Waals surface area contributed by atoms with Crippen LogP contribution in [0, 0.1) is 0 Å². The molecule has 1 amide bonds. The van der Waals surface area contributed by atoms with E-state index in [2.05, 4.69) is 10.3 Å². The lowest BCUT2D eigenvalue weighted by molar-refractivity contribution is -0.137. The highest BCUT2D eigenvalue weighted by molar-refractivity contribution is 7.99. The van der Waals surface area contributed by atoms with Crippen molar-refractivity contribution in [2.24, 2.45) is 0 Å². The summed E-state index contributed by atoms with van der Waals surface area (Å²) in [7, 11) is 0. The van der Waals surface area contributed by atoms with Crippen LogP contribution in [0.4, 0.5) is 18.9 Å². The molecule has 1 heterocycles. The Morgan fingerprint density at radius 1 is 1.11 bits per heavy atom. The number of rotatable bonds is 5. The highest BCUT2D eigenvalue weighted by Gasteiger charge is 2.33. The molecule has 1 aromatic heterocycles. The number of carbonyl (C=O) groups excluding carboxylic acids is 1. The van der Waals surface area contributed by atoms with Crippen LogP contribution in [0.15, 0.2) is 66.0 Å². The zero-order chi connectivity index (χ0) is 19.4. The summed E-state index contributed by atoms with van der Waals surface area (Å²) in [5.74, 6) is 5.14. The molecule has 0 aliphatic rings. The molecule has 0 spiro atoms. The van der Waals surface area contributed by atoms with Crippen molar-refractivity contribution < 1.29 is 18.0 Å². The maximum Gasteiger partial charge on any atom is 0.418 e. The minimum absolute atomic E-state index is 0.130. The summed E-state index contributed by atoms with van der Waals surface area (Å²) in [5.41, 5.74) is 0.335.